The van der Waals surface area contributed by atoms with Crippen LogP contribution in [0.1, 0.15) is 5.69 Å². The molecule has 0 radical (unpaired) electrons. The molecular formula is C7H6BrN3O. The fraction of sp³-hybridized carbons (Fsp3) is 0.143. The molecule has 5 heteroatoms. The van der Waals surface area contributed by atoms with Gasteiger partial charge in [0, 0.05) is 11.9 Å². The van der Waals surface area contributed by atoms with Gasteiger partial charge in [-0.1, -0.05) is 0 Å². The maximum atomic E-state index is 11.3. The lowest BCUT2D eigenvalue weighted by Crippen LogP contribution is -2.04. The lowest BCUT2D eigenvalue weighted by molar-refractivity contribution is 1.07. The zero-order chi connectivity index (χ0) is 8.72. The zero-order valence-corrected chi connectivity index (χ0v) is 7.90. The van der Waals surface area contributed by atoms with Crippen molar-refractivity contribution in [3.63, 3.8) is 0 Å². The van der Waals surface area contributed by atoms with Gasteiger partial charge in [0.15, 0.2) is 0 Å². The summed E-state index contributed by atoms with van der Waals surface area (Å²) in [4.78, 5) is 13.9. The summed E-state index contributed by atoms with van der Waals surface area (Å²) in [6, 6.07) is 0. The maximum absolute atomic E-state index is 11.3. The fourth-order valence-electron chi connectivity index (χ4n) is 1.15. The second-order valence-corrected chi connectivity index (χ2v) is 3.39. The van der Waals surface area contributed by atoms with Crippen LogP contribution in [0.5, 0.6) is 0 Å². The molecule has 0 unspecified atom stereocenters. The van der Waals surface area contributed by atoms with E-state index in [4.69, 9.17) is 0 Å². The van der Waals surface area contributed by atoms with E-state index < -0.39 is 0 Å². The minimum atomic E-state index is -0.112. The Labute approximate surface area is 76.1 Å². The number of aryl methyl sites for hydroxylation is 1. The SMILES string of the molecule is Cc1[nH]nc2c(Br)c[nH]c(=O)c12. The number of rotatable bonds is 0. The Bertz CT molecular complexity index is 485. The first-order chi connectivity index (χ1) is 5.70. The van der Waals surface area contributed by atoms with E-state index in [0.29, 0.717) is 10.9 Å². The van der Waals surface area contributed by atoms with Gasteiger partial charge in [-0.2, -0.15) is 5.10 Å². The van der Waals surface area contributed by atoms with E-state index >= 15 is 0 Å². The van der Waals surface area contributed by atoms with E-state index in [0.717, 1.165) is 10.2 Å². The molecule has 0 aliphatic carbocycles. The molecule has 2 rings (SSSR count). The van der Waals surface area contributed by atoms with Gasteiger partial charge in [-0.05, 0) is 22.9 Å². The third-order valence-electron chi connectivity index (χ3n) is 1.73. The van der Waals surface area contributed by atoms with Crippen molar-refractivity contribution in [3.8, 4) is 0 Å². The number of hydrogen-bond donors (Lipinski definition) is 2. The fourth-order valence-corrected chi connectivity index (χ4v) is 1.55. The van der Waals surface area contributed by atoms with Gasteiger partial charge in [-0.3, -0.25) is 9.89 Å². The molecule has 2 aromatic heterocycles. The highest BCUT2D eigenvalue weighted by molar-refractivity contribution is 9.10. The smallest absolute Gasteiger partial charge is 0.259 e. The van der Waals surface area contributed by atoms with Gasteiger partial charge < -0.3 is 4.98 Å². The van der Waals surface area contributed by atoms with Crippen LogP contribution in [0, 0.1) is 6.92 Å². The average Bonchev–Trinajstić information content (AvgIpc) is 2.42. The van der Waals surface area contributed by atoms with Gasteiger partial charge in [-0.25, -0.2) is 0 Å². The Hall–Kier alpha value is -1.10. The normalized spacial score (nSPS) is 10.8. The van der Waals surface area contributed by atoms with Crippen molar-refractivity contribution in [1.29, 1.82) is 0 Å². The summed E-state index contributed by atoms with van der Waals surface area (Å²) in [6.07, 6.45) is 1.59. The van der Waals surface area contributed by atoms with E-state index in [1.54, 1.807) is 6.20 Å². The molecule has 0 aliphatic rings. The molecule has 62 valence electrons. The number of nitrogens with one attached hydrogen (secondary N) is 2. The molecule has 0 aromatic carbocycles. The molecule has 0 saturated carbocycles. The third kappa shape index (κ3) is 0.896. The number of nitrogens with zero attached hydrogens (tertiary/aromatic N) is 1. The van der Waals surface area contributed by atoms with Gasteiger partial charge in [0.05, 0.1) is 9.86 Å². The highest BCUT2D eigenvalue weighted by atomic mass is 79.9. The highest BCUT2D eigenvalue weighted by Gasteiger charge is 2.07. The number of hydrogen-bond acceptors (Lipinski definition) is 2. The molecule has 2 N–H and O–H groups in total. The molecule has 0 bridgehead atoms. The Morgan fingerprint density at radius 2 is 2.33 bits per heavy atom. The van der Waals surface area contributed by atoms with Gasteiger partial charge in [0.1, 0.15) is 5.52 Å². The van der Waals surface area contributed by atoms with Crippen molar-refractivity contribution in [3.05, 3.63) is 26.7 Å². The monoisotopic (exact) mass is 227 g/mol. The van der Waals surface area contributed by atoms with Gasteiger partial charge >= 0.3 is 0 Å². The summed E-state index contributed by atoms with van der Waals surface area (Å²) in [6.45, 7) is 1.82. The number of pyridine rings is 1. The first-order valence-electron chi connectivity index (χ1n) is 3.42. The molecular weight excluding hydrogens is 222 g/mol. The van der Waals surface area contributed by atoms with E-state index in [1.165, 1.54) is 0 Å². The van der Waals surface area contributed by atoms with Crippen LogP contribution in [-0.2, 0) is 0 Å². The molecule has 4 nitrogen and oxygen atoms in total. The Kier molecular flexibility index (Phi) is 1.54. The maximum Gasteiger partial charge on any atom is 0.259 e. The molecule has 0 amide bonds. The summed E-state index contributed by atoms with van der Waals surface area (Å²) in [5, 5.41) is 7.36. The van der Waals surface area contributed by atoms with E-state index in [1.807, 2.05) is 6.92 Å². The number of fused-ring (bicyclic) bond motifs is 1. The minimum Gasteiger partial charge on any atom is -0.327 e. The van der Waals surface area contributed by atoms with Crippen LogP contribution in [0.2, 0.25) is 0 Å². The molecule has 0 saturated heterocycles. The zero-order valence-electron chi connectivity index (χ0n) is 6.31. The van der Waals surface area contributed by atoms with Crippen molar-refractivity contribution >= 4 is 26.8 Å². The van der Waals surface area contributed by atoms with Crippen molar-refractivity contribution in [2.24, 2.45) is 0 Å². The summed E-state index contributed by atoms with van der Waals surface area (Å²) >= 11 is 3.29. The summed E-state index contributed by atoms with van der Waals surface area (Å²) < 4.78 is 0.793. The molecule has 2 heterocycles. The number of H-pyrrole nitrogens is 2. The second kappa shape index (κ2) is 2.45. The molecule has 0 fully saturated rings. The standard InChI is InChI=1S/C7H6BrN3O/c1-3-5-6(11-10-3)4(8)2-9-7(5)12/h2H,1H3,(H,9,12)(H,10,11). The van der Waals surface area contributed by atoms with Crippen molar-refractivity contribution in [2.45, 2.75) is 6.92 Å². The quantitative estimate of drug-likeness (QED) is 0.714. The van der Waals surface area contributed by atoms with Crippen molar-refractivity contribution < 1.29 is 0 Å². The van der Waals surface area contributed by atoms with Crippen molar-refractivity contribution in [2.75, 3.05) is 0 Å². The van der Waals surface area contributed by atoms with Gasteiger partial charge in [0.25, 0.3) is 5.56 Å². The first-order valence-corrected chi connectivity index (χ1v) is 4.21. The highest BCUT2D eigenvalue weighted by Crippen LogP contribution is 2.18. The van der Waals surface area contributed by atoms with E-state index in [2.05, 4.69) is 31.1 Å². The number of aromatic amines is 2. The topological polar surface area (TPSA) is 61.5 Å². The second-order valence-electron chi connectivity index (χ2n) is 2.54. The minimum absolute atomic E-state index is 0.112. The predicted octanol–water partition coefficient (Wildman–Crippen LogP) is 1.32. The van der Waals surface area contributed by atoms with Crippen LogP contribution >= 0.6 is 15.9 Å². The van der Waals surface area contributed by atoms with Crippen LogP contribution in [0.3, 0.4) is 0 Å². The van der Waals surface area contributed by atoms with Crippen LogP contribution in [0.15, 0.2) is 15.5 Å². The molecule has 2 aromatic rings. The molecule has 0 atom stereocenters. The summed E-state index contributed by atoms with van der Waals surface area (Å²) in [5.41, 5.74) is 1.35. The summed E-state index contributed by atoms with van der Waals surface area (Å²) in [7, 11) is 0. The summed E-state index contributed by atoms with van der Waals surface area (Å²) in [5.74, 6) is 0. The average molecular weight is 228 g/mol. The van der Waals surface area contributed by atoms with Crippen LogP contribution in [0.4, 0.5) is 0 Å². The number of halogens is 1. The molecule has 0 aliphatic heterocycles. The molecule has 12 heavy (non-hydrogen) atoms. The number of aromatic nitrogens is 3. The van der Waals surface area contributed by atoms with Crippen LogP contribution in [0.25, 0.3) is 10.9 Å². The molecule has 0 spiro atoms. The Balaban J connectivity index is 3.09. The lowest BCUT2D eigenvalue weighted by atomic mass is 10.3. The third-order valence-corrected chi connectivity index (χ3v) is 2.33. The van der Waals surface area contributed by atoms with Gasteiger partial charge in [0.2, 0.25) is 0 Å². The van der Waals surface area contributed by atoms with Crippen molar-refractivity contribution in [1.82, 2.24) is 15.2 Å². The largest absolute Gasteiger partial charge is 0.327 e. The lowest BCUT2D eigenvalue weighted by Gasteiger charge is -1.90. The Morgan fingerprint density at radius 1 is 1.58 bits per heavy atom. The first kappa shape index (κ1) is 7.54. The predicted molar refractivity (Wildman–Crippen MR) is 49.2 cm³/mol. The van der Waals surface area contributed by atoms with E-state index in [9.17, 15) is 4.79 Å². The van der Waals surface area contributed by atoms with Gasteiger partial charge in [-0.15, -0.1) is 0 Å². The van der Waals surface area contributed by atoms with E-state index in [-0.39, 0.29) is 5.56 Å². The van der Waals surface area contributed by atoms with Crippen LogP contribution < -0.4 is 5.56 Å². The van der Waals surface area contributed by atoms with Crippen LogP contribution in [-0.4, -0.2) is 15.2 Å². The Morgan fingerprint density at radius 3 is 3.00 bits per heavy atom.